The maximum absolute atomic E-state index is 12.0. The van der Waals surface area contributed by atoms with Crippen molar-refractivity contribution in [3.8, 4) is 0 Å². The summed E-state index contributed by atoms with van der Waals surface area (Å²) in [6, 6.07) is -1.02. The Bertz CT molecular complexity index is 336. The van der Waals surface area contributed by atoms with Crippen LogP contribution < -0.4 is 11.1 Å². The second kappa shape index (κ2) is 7.76. The number of carboxylic acid groups (broad SMARTS) is 1. The average Bonchev–Trinajstić information content (AvgIpc) is 2.62. The Hall–Kier alpha value is -1.59. The van der Waals surface area contributed by atoms with Gasteiger partial charge in [-0.3, -0.25) is 9.59 Å². The van der Waals surface area contributed by atoms with Gasteiger partial charge in [0.1, 0.15) is 6.04 Å². The fraction of sp³-hybridized carbons (Fsp3) is 0.769. The first-order valence-electron chi connectivity index (χ1n) is 6.82. The van der Waals surface area contributed by atoms with Crippen molar-refractivity contribution in [1.29, 1.82) is 0 Å². The van der Waals surface area contributed by atoms with Gasteiger partial charge in [-0.15, -0.1) is 0 Å². The fourth-order valence-corrected chi connectivity index (χ4v) is 2.38. The molecule has 1 fully saturated rings. The summed E-state index contributed by atoms with van der Waals surface area (Å²) >= 11 is 0. The van der Waals surface area contributed by atoms with Crippen LogP contribution in [0.1, 0.15) is 51.4 Å². The zero-order chi connectivity index (χ0) is 14.3. The van der Waals surface area contributed by atoms with E-state index in [2.05, 4.69) is 5.32 Å². The van der Waals surface area contributed by atoms with Crippen molar-refractivity contribution in [3.05, 3.63) is 0 Å². The molecule has 1 aliphatic carbocycles. The SMILES string of the molecule is NC(=O)CC[C@H](NC(=O)C1CCCCCC1)C(=O)O. The molecule has 0 aromatic heterocycles. The second-order valence-electron chi connectivity index (χ2n) is 5.09. The number of primary amides is 1. The molecule has 6 heteroatoms. The molecule has 19 heavy (non-hydrogen) atoms. The minimum absolute atomic E-state index is 0.0398. The molecule has 1 rings (SSSR count). The van der Waals surface area contributed by atoms with E-state index in [0.29, 0.717) is 0 Å². The molecular weight excluding hydrogens is 248 g/mol. The molecular formula is C13H22N2O4. The van der Waals surface area contributed by atoms with Gasteiger partial charge >= 0.3 is 5.97 Å². The van der Waals surface area contributed by atoms with E-state index in [1.54, 1.807) is 0 Å². The summed E-state index contributed by atoms with van der Waals surface area (Å²) in [4.78, 5) is 33.7. The lowest BCUT2D eigenvalue weighted by Crippen LogP contribution is -2.44. The number of rotatable bonds is 6. The Balaban J connectivity index is 2.49. The molecule has 1 saturated carbocycles. The third-order valence-corrected chi connectivity index (χ3v) is 3.52. The molecule has 0 heterocycles. The van der Waals surface area contributed by atoms with Gasteiger partial charge in [-0.25, -0.2) is 4.79 Å². The first-order valence-corrected chi connectivity index (χ1v) is 6.82. The summed E-state index contributed by atoms with van der Waals surface area (Å²) in [7, 11) is 0. The minimum atomic E-state index is -1.12. The van der Waals surface area contributed by atoms with Crippen molar-refractivity contribution in [2.24, 2.45) is 11.7 Å². The maximum atomic E-state index is 12.0. The number of hydrogen-bond acceptors (Lipinski definition) is 3. The van der Waals surface area contributed by atoms with Gasteiger partial charge in [-0.1, -0.05) is 25.7 Å². The third kappa shape index (κ3) is 5.72. The van der Waals surface area contributed by atoms with Crippen LogP contribution in [-0.4, -0.2) is 28.9 Å². The smallest absolute Gasteiger partial charge is 0.326 e. The van der Waals surface area contributed by atoms with Gasteiger partial charge in [0.2, 0.25) is 11.8 Å². The average molecular weight is 270 g/mol. The Kier molecular flexibility index (Phi) is 6.32. The molecule has 0 unspecified atom stereocenters. The van der Waals surface area contributed by atoms with E-state index < -0.39 is 17.9 Å². The fourth-order valence-electron chi connectivity index (χ4n) is 2.38. The molecule has 4 N–H and O–H groups in total. The molecule has 0 aromatic carbocycles. The van der Waals surface area contributed by atoms with Crippen LogP contribution in [0.4, 0.5) is 0 Å². The number of amides is 2. The predicted octanol–water partition coefficient (Wildman–Crippen LogP) is 0.792. The van der Waals surface area contributed by atoms with E-state index in [1.807, 2.05) is 0 Å². The highest BCUT2D eigenvalue weighted by Crippen LogP contribution is 2.23. The van der Waals surface area contributed by atoms with Crippen LogP contribution in [0.25, 0.3) is 0 Å². The summed E-state index contributed by atoms with van der Waals surface area (Å²) in [5, 5.41) is 11.5. The van der Waals surface area contributed by atoms with E-state index in [-0.39, 0.29) is 24.7 Å². The first kappa shape index (κ1) is 15.5. The summed E-state index contributed by atoms with van der Waals surface area (Å²) in [6.45, 7) is 0. The number of nitrogens with two attached hydrogens (primary N) is 1. The van der Waals surface area contributed by atoms with E-state index in [0.717, 1.165) is 38.5 Å². The number of carboxylic acids is 1. The number of carbonyl (C=O) groups excluding carboxylic acids is 2. The monoisotopic (exact) mass is 270 g/mol. The van der Waals surface area contributed by atoms with Gasteiger partial charge < -0.3 is 16.2 Å². The highest BCUT2D eigenvalue weighted by Gasteiger charge is 2.25. The Morgan fingerprint density at radius 3 is 2.21 bits per heavy atom. The number of aliphatic carboxylic acids is 1. The van der Waals surface area contributed by atoms with Crippen LogP contribution >= 0.6 is 0 Å². The summed E-state index contributed by atoms with van der Waals surface area (Å²) in [6.07, 6.45) is 5.92. The Morgan fingerprint density at radius 1 is 1.16 bits per heavy atom. The van der Waals surface area contributed by atoms with Gasteiger partial charge in [0.25, 0.3) is 0 Å². The highest BCUT2D eigenvalue weighted by molar-refractivity contribution is 5.85. The largest absolute Gasteiger partial charge is 0.480 e. The lowest BCUT2D eigenvalue weighted by atomic mass is 9.98. The van der Waals surface area contributed by atoms with Crippen LogP contribution in [0.5, 0.6) is 0 Å². The van der Waals surface area contributed by atoms with Gasteiger partial charge in [0, 0.05) is 12.3 Å². The van der Waals surface area contributed by atoms with Crippen molar-refractivity contribution in [2.75, 3.05) is 0 Å². The third-order valence-electron chi connectivity index (χ3n) is 3.52. The first-order chi connectivity index (χ1) is 9.00. The molecule has 0 aromatic rings. The van der Waals surface area contributed by atoms with Crippen molar-refractivity contribution >= 4 is 17.8 Å². The Morgan fingerprint density at radius 2 is 1.74 bits per heavy atom. The molecule has 0 radical (unpaired) electrons. The zero-order valence-corrected chi connectivity index (χ0v) is 11.1. The second-order valence-corrected chi connectivity index (χ2v) is 5.09. The van der Waals surface area contributed by atoms with Crippen LogP contribution in [0, 0.1) is 5.92 Å². The molecule has 1 aliphatic rings. The lowest BCUT2D eigenvalue weighted by Gasteiger charge is -2.18. The van der Waals surface area contributed by atoms with Crippen molar-refractivity contribution in [1.82, 2.24) is 5.32 Å². The van der Waals surface area contributed by atoms with Crippen LogP contribution in [-0.2, 0) is 14.4 Å². The van der Waals surface area contributed by atoms with E-state index in [4.69, 9.17) is 10.8 Å². The van der Waals surface area contributed by atoms with Crippen LogP contribution in [0.15, 0.2) is 0 Å². The van der Waals surface area contributed by atoms with Gasteiger partial charge in [-0.2, -0.15) is 0 Å². The number of carbonyl (C=O) groups is 3. The highest BCUT2D eigenvalue weighted by atomic mass is 16.4. The standard InChI is InChI=1S/C13H22N2O4/c14-11(16)8-7-10(13(18)19)15-12(17)9-5-3-1-2-4-6-9/h9-10H,1-8H2,(H2,14,16)(H,15,17)(H,18,19)/t10-/m0/s1. The molecule has 6 nitrogen and oxygen atoms in total. The van der Waals surface area contributed by atoms with Crippen molar-refractivity contribution in [3.63, 3.8) is 0 Å². The Labute approximate surface area is 112 Å². The van der Waals surface area contributed by atoms with Gasteiger partial charge in [0.05, 0.1) is 0 Å². The quantitative estimate of drug-likeness (QED) is 0.620. The predicted molar refractivity (Wildman–Crippen MR) is 69.2 cm³/mol. The molecule has 0 bridgehead atoms. The number of nitrogens with one attached hydrogen (secondary N) is 1. The van der Waals surface area contributed by atoms with Crippen molar-refractivity contribution < 1.29 is 19.5 Å². The lowest BCUT2D eigenvalue weighted by molar-refractivity contribution is -0.142. The van der Waals surface area contributed by atoms with E-state index in [1.165, 1.54) is 0 Å². The molecule has 0 saturated heterocycles. The van der Waals surface area contributed by atoms with E-state index >= 15 is 0 Å². The minimum Gasteiger partial charge on any atom is -0.480 e. The maximum Gasteiger partial charge on any atom is 0.326 e. The topological polar surface area (TPSA) is 109 Å². The summed E-state index contributed by atoms with van der Waals surface area (Å²) < 4.78 is 0. The van der Waals surface area contributed by atoms with Crippen LogP contribution in [0.3, 0.4) is 0 Å². The van der Waals surface area contributed by atoms with Crippen molar-refractivity contribution in [2.45, 2.75) is 57.4 Å². The van der Waals surface area contributed by atoms with Gasteiger partial charge in [-0.05, 0) is 19.3 Å². The molecule has 1 atom stereocenters. The van der Waals surface area contributed by atoms with Crippen LogP contribution in [0.2, 0.25) is 0 Å². The van der Waals surface area contributed by atoms with E-state index in [9.17, 15) is 14.4 Å². The molecule has 0 aliphatic heterocycles. The molecule has 2 amide bonds. The normalized spacial score (nSPS) is 18.3. The van der Waals surface area contributed by atoms with Gasteiger partial charge in [0.15, 0.2) is 0 Å². The summed E-state index contributed by atoms with van der Waals surface area (Å²) in [5.74, 6) is -1.99. The number of hydrogen-bond donors (Lipinski definition) is 3. The molecule has 0 spiro atoms. The molecule has 108 valence electrons. The zero-order valence-electron chi connectivity index (χ0n) is 11.1. The summed E-state index contributed by atoms with van der Waals surface area (Å²) in [5.41, 5.74) is 4.99.